The fraction of sp³-hybridized carbons (Fsp3) is 0.267. The van der Waals surface area contributed by atoms with Crippen molar-refractivity contribution in [2.45, 2.75) is 12.5 Å². The number of hydrogen-bond donors (Lipinski definition) is 1. The molecule has 0 radical (unpaired) electrons. The predicted octanol–water partition coefficient (Wildman–Crippen LogP) is 1.24. The zero-order valence-corrected chi connectivity index (χ0v) is 11.6. The van der Waals surface area contributed by atoms with Crippen molar-refractivity contribution in [2.24, 2.45) is 7.05 Å². The number of fused-ring (bicyclic) bond motifs is 1. The van der Waals surface area contributed by atoms with Crippen molar-refractivity contribution >= 4 is 11.9 Å². The molecule has 1 unspecified atom stereocenters. The first kappa shape index (κ1) is 13.4. The first-order chi connectivity index (χ1) is 10.1. The predicted molar refractivity (Wildman–Crippen MR) is 74.8 cm³/mol. The molecule has 0 spiro atoms. The summed E-state index contributed by atoms with van der Waals surface area (Å²) >= 11 is 0. The summed E-state index contributed by atoms with van der Waals surface area (Å²) in [5, 5.41) is 9.55. The van der Waals surface area contributed by atoms with Crippen LogP contribution in [0.15, 0.2) is 36.8 Å². The molecule has 0 fully saturated rings. The highest BCUT2D eigenvalue weighted by atomic mass is 16.4. The summed E-state index contributed by atoms with van der Waals surface area (Å²) in [6.07, 6.45) is 3.65. The second kappa shape index (κ2) is 5.05. The number of aliphatic carboxylic acids is 1. The maximum Gasteiger partial charge on any atom is 0.331 e. The minimum atomic E-state index is -1.02. The fourth-order valence-electron chi connectivity index (χ4n) is 2.76. The molecule has 21 heavy (non-hydrogen) atoms. The van der Waals surface area contributed by atoms with Crippen molar-refractivity contribution in [3.05, 3.63) is 53.6 Å². The van der Waals surface area contributed by atoms with E-state index >= 15 is 0 Å². The minimum absolute atomic E-state index is 0.308. The molecule has 0 aliphatic carbocycles. The lowest BCUT2D eigenvalue weighted by molar-refractivity contribution is -0.143. The average molecular weight is 285 g/mol. The Hall–Kier alpha value is -2.63. The van der Waals surface area contributed by atoms with Crippen LogP contribution in [0.25, 0.3) is 0 Å². The molecule has 1 aromatic carbocycles. The number of carboxylic acid groups (broad SMARTS) is 1. The van der Waals surface area contributed by atoms with Gasteiger partial charge in [0, 0.05) is 13.6 Å². The number of carbonyl (C=O) groups is 2. The maximum atomic E-state index is 12.6. The molecule has 1 atom stereocenters. The van der Waals surface area contributed by atoms with Gasteiger partial charge in [0.05, 0.1) is 12.5 Å². The Morgan fingerprint density at radius 3 is 2.76 bits per heavy atom. The lowest BCUT2D eigenvalue weighted by atomic mass is 9.92. The number of nitrogens with zero attached hydrogens (tertiary/aromatic N) is 3. The Kier molecular flexibility index (Phi) is 3.21. The summed E-state index contributed by atoms with van der Waals surface area (Å²) in [7, 11) is 1.72. The van der Waals surface area contributed by atoms with Gasteiger partial charge in [0.15, 0.2) is 6.04 Å². The number of amides is 1. The van der Waals surface area contributed by atoms with Crippen molar-refractivity contribution < 1.29 is 14.7 Å². The lowest BCUT2D eigenvalue weighted by Gasteiger charge is -2.34. The van der Waals surface area contributed by atoms with Crippen LogP contribution in [0.1, 0.15) is 27.7 Å². The first-order valence-corrected chi connectivity index (χ1v) is 6.67. The quantitative estimate of drug-likeness (QED) is 0.901. The van der Waals surface area contributed by atoms with Crippen molar-refractivity contribution in [3.8, 4) is 0 Å². The van der Waals surface area contributed by atoms with Gasteiger partial charge in [0.25, 0.3) is 5.91 Å². The molecule has 0 bridgehead atoms. The number of carbonyl (C=O) groups excluding carboxylic acids is 1. The number of benzene rings is 1. The summed E-state index contributed by atoms with van der Waals surface area (Å²) in [6.45, 7) is 0.387. The van der Waals surface area contributed by atoms with E-state index in [0.717, 1.165) is 5.56 Å². The normalized spacial score (nSPS) is 17.4. The lowest BCUT2D eigenvalue weighted by Crippen LogP contribution is -2.44. The Bertz CT molecular complexity index is 708. The standard InChI is InChI=1S/C15H15N3O3/c1-17-9-16-8-12(17)14(19)18-7-6-10-4-2-3-5-11(10)13(18)15(20)21/h2-5,8-9,13H,6-7H2,1H3,(H,20,21). The number of rotatable bonds is 2. The van der Waals surface area contributed by atoms with Gasteiger partial charge in [-0.2, -0.15) is 0 Å². The molecular formula is C15H15N3O3. The van der Waals surface area contributed by atoms with Crippen LogP contribution in [0.3, 0.4) is 0 Å². The van der Waals surface area contributed by atoms with Crippen molar-refractivity contribution in [2.75, 3.05) is 6.54 Å². The van der Waals surface area contributed by atoms with Gasteiger partial charge in [-0.3, -0.25) is 4.79 Å². The second-order valence-electron chi connectivity index (χ2n) is 5.08. The summed E-state index contributed by atoms with van der Waals surface area (Å²) in [6, 6.07) is 6.43. The molecular weight excluding hydrogens is 270 g/mol. The second-order valence-corrected chi connectivity index (χ2v) is 5.08. The molecule has 6 nitrogen and oxygen atoms in total. The van der Waals surface area contributed by atoms with Gasteiger partial charge in [0.1, 0.15) is 5.69 Å². The van der Waals surface area contributed by atoms with Crippen LogP contribution in [-0.4, -0.2) is 38.0 Å². The SMILES string of the molecule is Cn1cncc1C(=O)N1CCc2ccccc2C1C(=O)O. The van der Waals surface area contributed by atoms with Gasteiger partial charge in [-0.15, -0.1) is 0 Å². The highest BCUT2D eigenvalue weighted by Gasteiger charge is 2.36. The van der Waals surface area contributed by atoms with E-state index in [4.69, 9.17) is 0 Å². The summed E-state index contributed by atoms with van der Waals surface area (Å²) in [5.41, 5.74) is 2.06. The third kappa shape index (κ3) is 2.18. The molecule has 2 heterocycles. The molecule has 1 N–H and O–H groups in total. The molecule has 108 valence electrons. The molecule has 1 aliphatic rings. The fourth-order valence-corrected chi connectivity index (χ4v) is 2.76. The Balaban J connectivity index is 2.02. The molecule has 0 saturated heterocycles. The minimum Gasteiger partial charge on any atom is -0.479 e. The number of imidazole rings is 1. The molecule has 3 rings (SSSR count). The largest absolute Gasteiger partial charge is 0.479 e. The van der Waals surface area contributed by atoms with E-state index in [-0.39, 0.29) is 5.91 Å². The van der Waals surface area contributed by atoms with E-state index in [2.05, 4.69) is 4.98 Å². The van der Waals surface area contributed by atoms with Crippen molar-refractivity contribution in [1.29, 1.82) is 0 Å². The zero-order valence-electron chi connectivity index (χ0n) is 11.6. The topological polar surface area (TPSA) is 75.4 Å². The Morgan fingerprint density at radius 2 is 2.10 bits per heavy atom. The molecule has 1 aromatic heterocycles. The van der Waals surface area contributed by atoms with E-state index in [1.54, 1.807) is 23.7 Å². The van der Waals surface area contributed by atoms with E-state index < -0.39 is 12.0 Å². The van der Waals surface area contributed by atoms with Crippen LogP contribution in [0.4, 0.5) is 0 Å². The van der Waals surface area contributed by atoms with Crippen LogP contribution in [0, 0.1) is 0 Å². The highest BCUT2D eigenvalue weighted by Crippen LogP contribution is 2.30. The van der Waals surface area contributed by atoms with Crippen molar-refractivity contribution in [1.82, 2.24) is 14.5 Å². The summed E-state index contributed by atoms with van der Waals surface area (Å²) in [4.78, 5) is 29.6. The van der Waals surface area contributed by atoms with E-state index in [1.807, 2.05) is 12.1 Å². The van der Waals surface area contributed by atoms with Gasteiger partial charge in [0.2, 0.25) is 0 Å². The van der Waals surface area contributed by atoms with E-state index in [9.17, 15) is 14.7 Å². The third-order valence-corrected chi connectivity index (χ3v) is 3.81. The molecule has 1 aliphatic heterocycles. The smallest absolute Gasteiger partial charge is 0.331 e. The monoisotopic (exact) mass is 285 g/mol. The third-order valence-electron chi connectivity index (χ3n) is 3.81. The molecule has 1 amide bonds. The van der Waals surface area contributed by atoms with Gasteiger partial charge < -0.3 is 14.6 Å². The van der Waals surface area contributed by atoms with Gasteiger partial charge >= 0.3 is 5.97 Å². The maximum absolute atomic E-state index is 12.6. The van der Waals surface area contributed by atoms with Gasteiger partial charge in [-0.25, -0.2) is 9.78 Å². The van der Waals surface area contributed by atoms with Crippen LogP contribution in [0.5, 0.6) is 0 Å². The summed E-state index contributed by atoms with van der Waals surface area (Å²) in [5.74, 6) is -1.32. The van der Waals surface area contributed by atoms with Crippen LogP contribution in [-0.2, 0) is 18.3 Å². The zero-order chi connectivity index (χ0) is 15.0. The highest BCUT2D eigenvalue weighted by molar-refractivity contribution is 5.95. The summed E-state index contributed by atoms with van der Waals surface area (Å²) < 4.78 is 1.60. The van der Waals surface area contributed by atoms with Crippen LogP contribution < -0.4 is 0 Å². The Morgan fingerprint density at radius 1 is 1.33 bits per heavy atom. The molecule has 0 saturated carbocycles. The van der Waals surface area contributed by atoms with E-state index in [0.29, 0.717) is 24.2 Å². The van der Waals surface area contributed by atoms with Gasteiger partial charge in [-0.05, 0) is 17.5 Å². The van der Waals surface area contributed by atoms with Crippen LogP contribution in [0.2, 0.25) is 0 Å². The average Bonchev–Trinajstić information content (AvgIpc) is 2.91. The number of hydrogen-bond acceptors (Lipinski definition) is 3. The van der Waals surface area contributed by atoms with Gasteiger partial charge in [-0.1, -0.05) is 24.3 Å². The van der Waals surface area contributed by atoms with E-state index in [1.165, 1.54) is 17.4 Å². The van der Waals surface area contributed by atoms with Crippen molar-refractivity contribution in [3.63, 3.8) is 0 Å². The van der Waals surface area contributed by atoms with Crippen LogP contribution >= 0.6 is 0 Å². The molecule has 6 heteroatoms. The number of carboxylic acids is 1. The number of aryl methyl sites for hydroxylation is 1. The first-order valence-electron chi connectivity index (χ1n) is 6.67. The Labute approximate surface area is 121 Å². The molecule has 2 aromatic rings. The number of aromatic nitrogens is 2.